The lowest BCUT2D eigenvalue weighted by Crippen LogP contribution is -2.32. The van der Waals surface area contributed by atoms with E-state index < -0.39 is 0 Å². The van der Waals surface area contributed by atoms with E-state index in [1.54, 1.807) is 0 Å². The lowest BCUT2D eigenvalue weighted by atomic mass is 9.96. The van der Waals surface area contributed by atoms with Crippen molar-refractivity contribution in [1.82, 2.24) is 5.32 Å². The summed E-state index contributed by atoms with van der Waals surface area (Å²) >= 11 is 0. The molecule has 0 fully saturated rings. The maximum atomic E-state index is 12.4. The summed E-state index contributed by atoms with van der Waals surface area (Å²) in [4.78, 5) is 12.4. The molecule has 1 unspecified atom stereocenters. The number of amides is 1. The Kier molecular flexibility index (Phi) is 6.02. The van der Waals surface area contributed by atoms with Crippen LogP contribution in [-0.4, -0.2) is 19.6 Å². The van der Waals surface area contributed by atoms with E-state index in [1.807, 2.05) is 55.6 Å². The van der Waals surface area contributed by atoms with Gasteiger partial charge in [-0.15, -0.1) is 12.4 Å². The first-order chi connectivity index (χ1) is 10.8. The Bertz CT molecular complexity index is 676. The van der Waals surface area contributed by atoms with Crippen LogP contribution in [0.15, 0.2) is 48.5 Å². The molecule has 5 heteroatoms. The molecule has 0 spiro atoms. The number of ether oxygens (including phenoxy) is 1. The van der Waals surface area contributed by atoms with Gasteiger partial charge in [0.25, 0.3) is 0 Å². The molecule has 0 aliphatic carbocycles. The summed E-state index contributed by atoms with van der Waals surface area (Å²) in [5, 5.41) is 6.10. The zero-order chi connectivity index (χ0) is 15.4. The number of anilines is 1. The van der Waals surface area contributed by atoms with Crippen molar-refractivity contribution in [1.29, 1.82) is 0 Å². The third-order valence-corrected chi connectivity index (χ3v) is 3.83. The second-order valence-corrected chi connectivity index (χ2v) is 5.54. The number of carbonyl (C=O) groups is 1. The standard InChI is InChI=1S/C18H20N2O2.ClH/c1-19-11-13-5-4-7-16(9-13)20-18(21)15-10-14-6-2-3-8-17(14)22-12-15;/h2-9,15,19H,10-12H2,1H3,(H,20,21);1H. The van der Waals surface area contributed by atoms with Crippen LogP contribution in [0.5, 0.6) is 5.75 Å². The number of para-hydroxylation sites is 1. The highest BCUT2D eigenvalue weighted by molar-refractivity contribution is 5.93. The summed E-state index contributed by atoms with van der Waals surface area (Å²) < 4.78 is 5.69. The summed E-state index contributed by atoms with van der Waals surface area (Å²) in [5.41, 5.74) is 3.07. The monoisotopic (exact) mass is 332 g/mol. The molecule has 0 saturated heterocycles. The van der Waals surface area contributed by atoms with Crippen LogP contribution in [0.2, 0.25) is 0 Å². The van der Waals surface area contributed by atoms with Crippen LogP contribution in [0.1, 0.15) is 11.1 Å². The van der Waals surface area contributed by atoms with Gasteiger partial charge in [-0.05, 0) is 42.8 Å². The Morgan fingerprint density at radius 1 is 1.22 bits per heavy atom. The number of fused-ring (bicyclic) bond motifs is 1. The molecule has 1 atom stereocenters. The van der Waals surface area contributed by atoms with Crippen molar-refractivity contribution in [2.75, 3.05) is 19.0 Å². The van der Waals surface area contributed by atoms with Crippen LogP contribution in [0.4, 0.5) is 5.69 Å². The molecule has 0 aromatic heterocycles. The normalized spacial score (nSPS) is 15.8. The van der Waals surface area contributed by atoms with Gasteiger partial charge in [-0.3, -0.25) is 4.79 Å². The molecule has 2 aromatic carbocycles. The van der Waals surface area contributed by atoms with Crippen molar-refractivity contribution in [2.24, 2.45) is 5.92 Å². The Labute approximate surface area is 142 Å². The molecule has 122 valence electrons. The van der Waals surface area contributed by atoms with Crippen LogP contribution in [0.25, 0.3) is 0 Å². The highest BCUT2D eigenvalue weighted by atomic mass is 35.5. The maximum Gasteiger partial charge on any atom is 0.231 e. The molecule has 23 heavy (non-hydrogen) atoms. The Morgan fingerprint density at radius 3 is 2.87 bits per heavy atom. The van der Waals surface area contributed by atoms with Crippen molar-refractivity contribution in [3.63, 3.8) is 0 Å². The van der Waals surface area contributed by atoms with E-state index in [2.05, 4.69) is 10.6 Å². The number of rotatable bonds is 4. The van der Waals surface area contributed by atoms with E-state index in [-0.39, 0.29) is 24.2 Å². The van der Waals surface area contributed by atoms with Crippen molar-refractivity contribution in [3.8, 4) is 5.75 Å². The zero-order valence-corrected chi connectivity index (χ0v) is 13.9. The summed E-state index contributed by atoms with van der Waals surface area (Å²) in [6.07, 6.45) is 0.720. The molecule has 2 N–H and O–H groups in total. The first-order valence-electron chi connectivity index (χ1n) is 7.51. The van der Waals surface area contributed by atoms with Gasteiger partial charge in [0.2, 0.25) is 5.91 Å². The van der Waals surface area contributed by atoms with Crippen molar-refractivity contribution in [3.05, 3.63) is 59.7 Å². The van der Waals surface area contributed by atoms with Crippen LogP contribution >= 0.6 is 12.4 Å². The smallest absolute Gasteiger partial charge is 0.231 e. The molecule has 0 bridgehead atoms. The fourth-order valence-corrected chi connectivity index (χ4v) is 2.70. The molecule has 1 aliphatic rings. The first kappa shape index (κ1) is 17.3. The van der Waals surface area contributed by atoms with Crippen LogP contribution in [0.3, 0.4) is 0 Å². The average Bonchev–Trinajstić information content (AvgIpc) is 2.55. The summed E-state index contributed by atoms with van der Waals surface area (Å²) in [6, 6.07) is 15.8. The molecule has 3 rings (SSSR count). The summed E-state index contributed by atoms with van der Waals surface area (Å²) in [7, 11) is 1.90. The lowest BCUT2D eigenvalue weighted by Gasteiger charge is -2.24. The zero-order valence-electron chi connectivity index (χ0n) is 13.0. The van der Waals surface area contributed by atoms with E-state index in [0.29, 0.717) is 6.61 Å². The summed E-state index contributed by atoms with van der Waals surface area (Å²) in [5.74, 6) is 0.751. The van der Waals surface area contributed by atoms with Crippen LogP contribution < -0.4 is 15.4 Å². The molecular formula is C18H21ClN2O2. The molecule has 1 amide bonds. The molecule has 2 aromatic rings. The maximum absolute atomic E-state index is 12.4. The van der Waals surface area contributed by atoms with Gasteiger partial charge in [-0.25, -0.2) is 0 Å². The van der Waals surface area contributed by atoms with Gasteiger partial charge in [0.1, 0.15) is 12.4 Å². The van der Waals surface area contributed by atoms with Crippen molar-refractivity contribution in [2.45, 2.75) is 13.0 Å². The quantitative estimate of drug-likeness (QED) is 0.905. The Balaban J connectivity index is 0.00000192. The predicted octanol–water partition coefficient (Wildman–Crippen LogP) is 3.02. The van der Waals surface area contributed by atoms with E-state index in [9.17, 15) is 4.79 Å². The lowest BCUT2D eigenvalue weighted by molar-refractivity contribution is -0.121. The van der Waals surface area contributed by atoms with Crippen molar-refractivity contribution >= 4 is 24.0 Å². The predicted molar refractivity (Wildman–Crippen MR) is 94.2 cm³/mol. The number of nitrogens with one attached hydrogen (secondary N) is 2. The molecule has 0 radical (unpaired) electrons. The largest absolute Gasteiger partial charge is 0.492 e. The molecule has 1 aliphatic heterocycles. The van der Waals surface area contributed by atoms with Crippen molar-refractivity contribution < 1.29 is 9.53 Å². The van der Waals surface area contributed by atoms with E-state index in [1.165, 1.54) is 0 Å². The Morgan fingerprint density at radius 2 is 2.04 bits per heavy atom. The highest BCUT2D eigenvalue weighted by Gasteiger charge is 2.25. The van der Waals surface area contributed by atoms with Crippen LogP contribution in [0, 0.1) is 5.92 Å². The third-order valence-electron chi connectivity index (χ3n) is 3.83. The molecule has 4 nitrogen and oxygen atoms in total. The van der Waals surface area contributed by atoms with E-state index in [0.717, 1.165) is 35.5 Å². The van der Waals surface area contributed by atoms with Gasteiger partial charge in [-0.2, -0.15) is 0 Å². The number of halogens is 1. The van der Waals surface area contributed by atoms with Gasteiger partial charge >= 0.3 is 0 Å². The minimum Gasteiger partial charge on any atom is -0.492 e. The van der Waals surface area contributed by atoms with E-state index >= 15 is 0 Å². The van der Waals surface area contributed by atoms with Gasteiger partial charge in [-0.1, -0.05) is 30.3 Å². The number of benzene rings is 2. The van der Waals surface area contributed by atoms with Crippen LogP contribution in [-0.2, 0) is 17.8 Å². The number of carbonyl (C=O) groups excluding carboxylic acids is 1. The highest BCUT2D eigenvalue weighted by Crippen LogP contribution is 2.27. The fourth-order valence-electron chi connectivity index (χ4n) is 2.70. The first-order valence-corrected chi connectivity index (χ1v) is 7.51. The SMILES string of the molecule is CNCc1cccc(NC(=O)C2COc3ccccc3C2)c1.Cl. The molecule has 0 saturated carbocycles. The molecule has 1 heterocycles. The van der Waals surface area contributed by atoms with E-state index in [4.69, 9.17) is 4.74 Å². The van der Waals surface area contributed by atoms with Gasteiger partial charge < -0.3 is 15.4 Å². The Hall–Kier alpha value is -2.04. The second-order valence-electron chi connectivity index (χ2n) is 5.54. The topological polar surface area (TPSA) is 50.4 Å². The number of hydrogen-bond acceptors (Lipinski definition) is 3. The fraction of sp³-hybridized carbons (Fsp3) is 0.278. The number of hydrogen-bond donors (Lipinski definition) is 2. The van der Waals surface area contributed by atoms with Gasteiger partial charge in [0.15, 0.2) is 0 Å². The minimum absolute atomic E-state index is 0. The average molecular weight is 333 g/mol. The summed E-state index contributed by atoms with van der Waals surface area (Å²) in [6.45, 7) is 1.21. The minimum atomic E-state index is -0.150. The van der Waals surface area contributed by atoms with Gasteiger partial charge in [0.05, 0.1) is 5.92 Å². The van der Waals surface area contributed by atoms with Gasteiger partial charge in [0, 0.05) is 12.2 Å². The third kappa shape index (κ3) is 4.24. The second kappa shape index (κ2) is 7.99. The molecular weight excluding hydrogens is 312 g/mol.